The number of hydrogen-bond donors (Lipinski definition) is 1. The summed E-state index contributed by atoms with van der Waals surface area (Å²) in [4.78, 5) is 17.9. The highest BCUT2D eigenvalue weighted by Gasteiger charge is 2.20. The van der Waals surface area contributed by atoms with Crippen molar-refractivity contribution in [3.8, 4) is 0 Å². The molecule has 0 bridgehead atoms. The Morgan fingerprint density at radius 2 is 1.93 bits per heavy atom. The average Bonchev–Trinajstić information content (AvgIpc) is 2.71. The van der Waals surface area contributed by atoms with Crippen LogP contribution in [0.15, 0.2) is 47.7 Å². The SMILES string of the molecule is CCNC(=NCCCc1cccc(F)c1)N1CCN(c2ncccn2)CC1. The second-order valence-electron chi connectivity index (χ2n) is 6.49. The standard InChI is InChI=1S/C20H27FN6/c1-2-22-19(23-9-4-7-17-6-3-8-18(21)16-17)26-12-14-27(15-13-26)20-24-10-5-11-25-20/h3,5-6,8,10-11,16H,2,4,7,9,12-15H2,1H3,(H,22,23). The van der Waals surface area contributed by atoms with E-state index in [4.69, 9.17) is 4.99 Å². The van der Waals surface area contributed by atoms with Crippen LogP contribution < -0.4 is 10.2 Å². The first-order valence-corrected chi connectivity index (χ1v) is 9.56. The van der Waals surface area contributed by atoms with Gasteiger partial charge in [0.25, 0.3) is 0 Å². The highest BCUT2D eigenvalue weighted by molar-refractivity contribution is 5.80. The minimum absolute atomic E-state index is 0.176. The first-order valence-electron chi connectivity index (χ1n) is 9.56. The van der Waals surface area contributed by atoms with Crippen molar-refractivity contribution in [2.75, 3.05) is 44.2 Å². The molecule has 1 aliphatic rings. The number of nitrogens with one attached hydrogen (secondary N) is 1. The molecule has 0 saturated carbocycles. The maximum Gasteiger partial charge on any atom is 0.225 e. The van der Waals surface area contributed by atoms with Gasteiger partial charge in [0.2, 0.25) is 5.95 Å². The number of anilines is 1. The molecule has 3 rings (SSSR count). The van der Waals surface area contributed by atoms with Crippen LogP contribution in [0.25, 0.3) is 0 Å². The van der Waals surface area contributed by atoms with Crippen LogP contribution in [0.1, 0.15) is 18.9 Å². The molecule has 0 unspecified atom stereocenters. The summed E-state index contributed by atoms with van der Waals surface area (Å²) in [5, 5.41) is 3.38. The summed E-state index contributed by atoms with van der Waals surface area (Å²) in [6.45, 7) is 7.15. The number of piperazine rings is 1. The number of rotatable bonds is 6. The van der Waals surface area contributed by atoms with Crippen LogP contribution in [0.2, 0.25) is 0 Å². The quantitative estimate of drug-likeness (QED) is 0.481. The predicted octanol–water partition coefficient (Wildman–Crippen LogP) is 2.34. The van der Waals surface area contributed by atoms with E-state index in [2.05, 4.69) is 32.0 Å². The minimum Gasteiger partial charge on any atom is -0.357 e. The lowest BCUT2D eigenvalue weighted by Gasteiger charge is -2.36. The molecule has 0 aliphatic carbocycles. The van der Waals surface area contributed by atoms with Gasteiger partial charge in [-0.1, -0.05) is 12.1 Å². The number of aliphatic imine (C=N–C) groups is 1. The van der Waals surface area contributed by atoms with Crippen LogP contribution in [-0.4, -0.2) is 60.1 Å². The van der Waals surface area contributed by atoms with Crippen LogP contribution in [-0.2, 0) is 6.42 Å². The van der Waals surface area contributed by atoms with E-state index in [1.54, 1.807) is 24.5 Å². The van der Waals surface area contributed by atoms with Gasteiger partial charge in [-0.05, 0) is 43.5 Å². The maximum atomic E-state index is 13.2. The third-order valence-electron chi connectivity index (χ3n) is 4.52. The third kappa shape index (κ3) is 5.64. The van der Waals surface area contributed by atoms with E-state index in [9.17, 15) is 4.39 Å². The van der Waals surface area contributed by atoms with Crippen molar-refractivity contribution in [2.24, 2.45) is 4.99 Å². The lowest BCUT2D eigenvalue weighted by atomic mass is 10.1. The van der Waals surface area contributed by atoms with Gasteiger partial charge in [0.15, 0.2) is 5.96 Å². The fraction of sp³-hybridized carbons (Fsp3) is 0.450. The normalized spacial score (nSPS) is 15.1. The Morgan fingerprint density at radius 1 is 1.15 bits per heavy atom. The van der Waals surface area contributed by atoms with E-state index < -0.39 is 0 Å². The fourth-order valence-electron chi connectivity index (χ4n) is 3.16. The molecule has 2 heterocycles. The van der Waals surface area contributed by atoms with Crippen molar-refractivity contribution in [3.05, 3.63) is 54.1 Å². The number of hydrogen-bond acceptors (Lipinski definition) is 4. The Balaban J connectivity index is 1.50. The Labute approximate surface area is 160 Å². The number of benzene rings is 1. The van der Waals surface area contributed by atoms with Crippen molar-refractivity contribution in [1.82, 2.24) is 20.2 Å². The molecular weight excluding hydrogens is 343 g/mol. The highest BCUT2D eigenvalue weighted by atomic mass is 19.1. The van der Waals surface area contributed by atoms with Gasteiger partial charge in [0, 0.05) is 51.7 Å². The summed E-state index contributed by atoms with van der Waals surface area (Å²) in [5.41, 5.74) is 1.02. The zero-order valence-corrected chi connectivity index (χ0v) is 15.8. The minimum atomic E-state index is -0.176. The molecule has 144 valence electrons. The van der Waals surface area contributed by atoms with E-state index >= 15 is 0 Å². The first kappa shape index (κ1) is 19.1. The van der Waals surface area contributed by atoms with E-state index in [1.165, 1.54) is 6.07 Å². The number of halogens is 1. The summed E-state index contributed by atoms with van der Waals surface area (Å²) in [6.07, 6.45) is 5.29. The molecule has 7 heteroatoms. The Hall–Kier alpha value is -2.70. The van der Waals surface area contributed by atoms with Crippen LogP contribution in [0.4, 0.5) is 10.3 Å². The molecule has 0 spiro atoms. The number of guanidine groups is 1. The lowest BCUT2D eigenvalue weighted by Crippen LogP contribution is -2.53. The first-order chi connectivity index (χ1) is 13.3. The van der Waals surface area contributed by atoms with Crippen molar-refractivity contribution in [2.45, 2.75) is 19.8 Å². The summed E-state index contributed by atoms with van der Waals surface area (Å²) < 4.78 is 13.2. The summed E-state index contributed by atoms with van der Waals surface area (Å²) in [6, 6.07) is 8.63. The molecule has 6 nitrogen and oxygen atoms in total. The molecule has 1 aliphatic heterocycles. The zero-order chi connectivity index (χ0) is 18.9. The number of nitrogens with zero attached hydrogens (tertiary/aromatic N) is 5. The van der Waals surface area contributed by atoms with E-state index in [0.29, 0.717) is 0 Å². The largest absolute Gasteiger partial charge is 0.357 e. The van der Waals surface area contributed by atoms with Crippen LogP contribution >= 0.6 is 0 Å². The fourth-order valence-corrected chi connectivity index (χ4v) is 3.16. The summed E-state index contributed by atoms with van der Waals surface area (Å²) in [7, 11) is 0. The zero-order valence-electron chi connectivity index (χ0n) is 15.8. The van der Waals surface area contributed by atoms with Crippen molar-refractivity contribution >= 4 is 11.9 Å². The van der Waals surface area contributed by atoms with E-state index in [0.717, 1.165) is 69.6 Å². The topological polar surface area (TPSA) is 56.7 Å². The Morgan fingerprint density at radius 3 is 2.63 bits per heavy atom. The molecule has 1 N–H and O–H groups in total. The van der Waals surface area contributed by atoms with Crippen molar-refractivity contribution in [3.63, 3.8) is 0 Å². The molecule has 27 heavy (non-hydrogen) atoms. The molecule has 1 fully saturated rings. The predicted molar refractivity (Wildman–Crippen MR) is 107 cm³/mol. The van der Waals surface area contributed by atoms with Gasteiger partial charge < -0.3 is 15.1 Å². The van der Waals surface area contributed by atoms with Gasteiger partial charge >= 0.3 is 0 Å². The maximum absolute atomic E-state index is 13.2. The summed E-state index contributed by atoms with van der Waals surface area (Å²) >= 11 is 0. The molecule has 1 saturated heterocycles. The molecular formula is C20H27FN6. The van der Waals surface area contributed by atoms with Gasteiger partial charge in [-0.2, -0.15) is 0 Å². The van der Waals surface area contributed by atoms with Crippen molar-refractivity contribution in [1.29, 1.82) is 0 Å². The molecule has 0 amide bonds. The molecule has 1 aromatic carbocycles. The van der Waals surface area contributed by atoms with Gasteiger partial charge in [-0.3, -0.25) is 4.99 Å². The third-order valence-corrected chi connectivity index (χ3v) is 4.52. The van der Waals surface area contributed by atoms with Crippen LogP contribution in [0, 0.1) is 5.82 Å². The second-order valence-corrected chi connectivity index (χ2v) is 6.49. The average molecular weight is 370 g/mol. The van der Waals surface area contributed by atoms with Gasteiger partial charge in [-0.15, -0.1) is 0 Å². The molecule has 0 atom stereocenters. The molecule has 0 radical (unpaired) electrons. The number of aromatic nitrogens is 2. The lowest BCUT2D eigenvalue weighted by molar-refractivity contribution is 0.370. The van der Waals surface area contributed by atoms with Gasteiger partial charge in [0.1, 0.15) is 5.82 Å². The van der Waals surface area contributed by atoms with E-state index in [1.807, 2.05) is 12.1 Å². The van der Waals surface area contributed by atoms with Gasteiger partial charge in [-0.25, -0.2) is 14.4 Å². The Bertz CT molecular complexity index is 728. The smallest absolute Gasteiger partial charge is 0.225 e. The molecule has 1 aromatic heterocycles. The number of aryl methyl sites for hydroxylation is 1. The van der Waals surface area contributed by atoms with Crippen LogP contribution in [0.5, 0.6) is 0 Å². The second kappa shape index (κ2) is 9.85. The van der Waals surface area contributed by atoms with Gasteiger partial charge in [0.05, 0.1) is 0 Å². The van der Waals surface area contributed by atoms with E-state index in [-0.39, 0.29) is 5.82 Å². The molecule has 2 aromatic rings. The monoisotopic (exact) mass is 370 g/mol. The summed E-state index contributed by atoms with van der Waals surface area (Å²) in [5.74, 6) is 1.56. The van der Waals surface area contributed by atoms with Crippen molar-refractivity contribution < 1.29 is 4.39 Å². The van der Waals surface area contributed by atoms with Crippen LogP contribution in [0.3, 0.4) is 0 Å². The highest BCUT2D eigenvalue weighted by Crippen LogP contribution is 2.10. The Kier molecular flexibility index (Phi) is 6.96.